The maximum Gasteiger partial charge on any atom is 0.168 e. The molecule has 0 radical (unpaired) electrons. The zero-order valence-corrected chi connectivity index (χ0v) is 11.5. The molecule has 0 aliphatic heterocycles. The first-order chi connectivity index (χ1) is 8.24. The first kappa shape index (κ1) is 13.0. The van der Waals surface area contributed by atoms with Gasteiger partial charge >= 0.3 is 0 Å². The minimum Gasteiger partial charge on any atom is -0.390 e. The maximum atomic E-state index is 9.13. The van der Waals surface area contributed by atoms with Crippen molar-refractivity contribution in [3.8, 4) is 0 Å². The summed E-state index contributed by atoms with van der Waals surface area (Å²) in [6, 6.07) is 0. The van der Waals surface area contributed by atoms with E-state index in [1.165, 1.54) is 32.1 Å². The highest BCUT2D eigenvalue weighted by atomic mass is 32.2. The van der Waals surface area contributed by atoms with E-state index in [2.05, 4.69) is 11.9 Å². The van der Waals surface area contributed by atoms with Gasteiger partial charge in [0, 0.05) is 12.3 Å². The molecule has 96 valence electrons. The Morgan fingerprint density at radius 1 is 1.41 bits per heavy atom. The van der Waals surface area contributed by atoms with Gasteiger partial charge in [-0.15, -0.1) is 0 Å². The quantitative estimate of drug-likeness (QED) is 0.897. The lowest BCUT2D eigenvalue weighted by Gasteiger charge is -2.26. The maximum absolute atomic E-state index is 9.13. The van der Waals surface area contributed by atoms with Crippen LogP contribution in [0.15, 0.2) is 11.4 Å². The highest BCUT2D eigenvalue weighted by Crippen LogP contribution is 2.36. The van der Waals surface area contributed by atoms with Crippen LogP contribution in [0.25, 0.3) is 0 Å². The van der Waals surface area contributed by atoms with E-state index in [1.807, 2.05) is 23.4 Å². The van der Waals surface area contributed by atoms with Crippen LogP contribution in [0.4, 0.5) is 0 Å². The van der Waals surface area contributed by atoms with Crippen molar-refractivity contribution in [2.24, 2.45) is 13.0 Å². The number of hydrogen-bond donors (Lipinski definition) is 1. The average Bonchev–Trinajstić information content (AvgIpc) is 2.71. The lowest BCUT2D eigenvalue weighted by atomic mass is 9.87. The molecule has 1 aliphatic carbocycles. The molecule has 1 heterocycles. The number of aromatic nitrogens is 2. The van der Waals surface area contributed by atoms with Gasteiger partial charge in [0.1, 0.15) is 0 Å². The molecular formula is C13H22N2OS. The third kappa shape index (κ3) is 3.05. The van der Waals surface area contributed by atoms with Crippen molar-refractivity contribution in [2.75, 3.05) is 0 Å². The first-order valence-corrected chi connectivity index (χ1v) is 7.40. The molecule has 0 atom stereocenters. The van der Waals surface area contributed by atoms with Gasteiger partial charge in [0.25, 0.3) is 0 Å². The van der Waals surface area contributed by atoms with Gasteiger partial charge in [-0.05, 0) is 31.6 Å². The minimum atomic E-state index is 0.0760. The lowest BCUT2D eigenvalue weighted by molar-refractivity contribution is 0.271. The van der Waals surface area contributed by atoms with Crippen molar-refractivity contribution in [3.05, 3.63) is 11.9 Å². The van der Waals surface area contributed by atoms with Crippen LogP contribution in [0, 0.1) is 5.92 Å². The van der Waals surface area contributed by atoms with Crippen LogP contribution in [0.3, 0.4) is 0 Å². The highest BCUT2D eigenvalue weighted by Gasteiger charge is 2.22. The van der Waals surface area contributed by atoms with E-state index in [9.17, 15) is 0 Å². The van der Waals surface area contributed by atoms with Gasteiger partial charge in [0.2, 0.25) is 0 Å². The number of nitrogens with zero attached hydrogens (tertiary/aromatic N) is 2. The van der Waals surface area contributed by atoms with Crippen molar-refractivity contribution in [1.82, 2.24) is 9.55 Å². The lowest BCUT2D eigenvalue weighted by Crippen LogP contribution is -2.16. The van der Waals surface area contributed by atoms with Gasteiger partial charge < -0.3 is 9.67 Å². The summed E-state index contributed by atoms with van der Waals surface area (Å²) in [5, 5.41) is 10.9. The minimum absolute atomic E-state index is 0.0760. The molecule has 0 saturated heterocycles. The molecule has 2 rings (SSSR count). The Morgan fingerprint density at radius 2 is 2.12 bits per heavy atom. The van der Waals surface area contributed by atoms with Crippen LogP contribution >= 0.6 is 11.8 Å². The van der Waals surface area contributed by atoms with E-state index in [-0.39, 0.29) is 6.61 Å². The van der Waals surface area contributed by atoms with E-state index in [0.29, 0.717) is 5.25 Å². The number of aliphatic hydroxyl groups is 1. The van der Waals surface area contributed by atoms with Gasteiger partial charge in [-0.25, -0.2) is 4.98 Å². The molecule has 3 nitrogen and oxygen atoms in total. The summed E-state index contributed by atoms with van der Waals surface area (Å²) in [5.41, 5.74) is 0.898. The predicted octanol–water partition coefficient (Wildman–Crippen LogP) is 2.97. The highest BCUT2D eigenvalue weighted by molar-refractivity contribution is 7.99. The molecule has 1 saturated carbocycles. The standard InChI is InChI=1S/C13H22N2OS/c1-3-10-4-6-12(7-5-10)17-13-14-8-11(9-16)15(13)2/h8,10,12,16H,3-7,9H2,1-2H3. The first-order valence-electron chi connectivity index (χ1n) is 6.52. The largest absolute Gasteiger partial charge is 0.390 e. The smallest absolute Gasteiger partial charge is 0.168 e. The number of imidazole rings is 1. The topological polar surface area (TPSA) is 38.1 Å². The molecule has 1 aliphatic rings. The van der Waals surface area contributed by atoms with Gasteiger partial charge in [-0.2, -0.15) is 0 Å². The number of thioether (sulfide) groups is 1. The zero-order valence-electron chi connectivity index (χ0n) is 10.7. The normalized spacial score (nSPS) is 25.1. The van der Waals surface area contributed by atoms with Crippen LogP contribution in [0.1, 0.15) is 44.7 Å². The third-order valence-corrected chi connectivity index (χ3v) is 5.24. The summed E-state index contributed by atoms with van der Waals surface area (Å²) in [6.45, 7) is 2.37. The van der Waals surface area contributed by atoms with Gasteiger partial charge in [0.15, 0.2) is 5.16 Å². The Hall–Kier alpha value is -0.480. The fourth-order valence-electron chi connectivity index (χ4n) is 2.49. The van der Waals surface area contributed by atoms with E-state index < -0.39 is 0 Å². The summed E-state index contributed by atoms with van der Waals surface area (Å²) in [6.07, 6.45) is 8.46. The van der Waals surface area contributed by atoms with E-state index >= 15 is 0 Å². The summed E-state index contributed by atoms with van der Waals surface area (Å²) < 4.78 is 2.01. The van der Waals surface area contributed by atoms with E-state index in [1.54, 1.807) is 6.20 Å². The second kappa shape index (κ2) is 5.91. The summed E-state index contributed by atoms with van der Waals surface area (Å²) >= 11 is 1.88. The second-order valence-electron chi connectivity index (χ2n) is 4.92. The summed E-state index contributed by atoms with van der Waals surface area (Å²) in [4.78, 5) is 4.39. The molecule has 1 N–H and O–H groups in total. The Kier molecular flexibility index (Phi) is 4.51. The molecular weight excluding hydrogens is 232 g/mol. The van der Waals surface area contributed by atoms with Gasteiger partial charge in [-0.3, -0.25) is 0 Å². The number of rotatable bonds is 4. The average molecular weight is 254 g/mol. The molecule has 0 bridgehead atoms. The zero-order chi connectivity index (χ0) is 12.3. The fourth-order valence-corrected chi connectivity index (χ4v) is 3.68. The Bertz CT molecular complexity index is 356. The monoisotopic (exact) mass is 254 g/mol. The summed E-state index contributed by atoms with van der Waals surface area (Å²) in [7, 11) is 1.98. The van der Waals surface area contributed by atoms with Crippen LogP contribution in [-0.2, 0) is 13.7 Å². The Balaban J connectivity index is 1.91. The Labute approximate surface area is 108 Å². The molecule has 0 aromatic carbocycles. The Morgan fingerprint density at radius 3 is 2.65 bits per heavy atom. The SMILES string of the molecule is CCC1CCC(Sc2ncc(CO)n2C)CC1. The molecule has 1 fully saturated rings. The van der Waals surface area contributed by atoms with Gasteiger partial charge in [0.05, 0.1) is 18.5 Å². The molecule has 0 spiro atoms. The van der Waals surface area contributed by atoms with Crippen molar-refractivity contribution >= 4 is 11.8 Å². The van der Waals surface area contributed by atoms with Gasteiger partial charge in [-0.1, -0.05) is 25.1 Å². The van der Waals surface area contributed by atoms with Crippen molar-refractivity contribution in [1.29, 1.82) is 0 Å². The van der Waals surface area contributed by atoms with Crippen molar-refractivity contribution in [2.45, 2.75) is 56.0 Å². The van der Waals surface area contributed by atoms with Crippen LogP contribution < -0.4 is 0 Å². The molecule has 0 amide bonds. The second-order valence-corrected chi connectivity index (χ2v) is 6.19. The molecule has 4 heteroatoms. The molecule has 1 aromatic heterocycles. The van der Waals surface area contributed by atoms with Crippen LogP contribution in [-0.4, -0.2) is 19.9 Å². The van der Waals surface area contributed by atoms with Crippen LogP contribution in [0.5, 0.6) is 0 Å². The number of hydrogen-bond acceptors (Lipinski definition) is 3. The van der Waals surface area contributed by atoms with E-state index in [0.717, 1.165) is 16.8 Å². The fraction of sp³-hybridized carbons (Fsp3) is 0.769. The van der Waals surface area contributed by atoms with Crippen molar-refractivity contribution in [3.63, 3.8) is 0 Å². The van der Waals surface area contributed by atoms with Crippen LogP contribution in [0.2, 0.25) is 0 Å². The molecule has 0 unspecified atom stereocenters. The number of aliphatic hydroxyl groups excluding tert-OH is 1. The molecule has 1 aromatic rings. The predicted molar refractivity (Wildman–Crippen MR) is 71.0 cm³/mol. The molecule has 17 heavy (non-hydrogen) atoms. The summed E-state index contributed by atoms with van der Waals surface area (Å²) in [5.74, 6) is 0.946. The van der Waals surface area contributed by atoms with Crippen molar-refractivity contribution < 1.29 is 5.11 Å². The third-order valence-electron chi connectivity index (χ3n) is 3.85. The van der Waals surface area contributed by atoms with E-state index in [4.69, 9.17) is 5.11 Å².